The Kier molecular flexibility index (Phi) is 8.57. The molecule has 0 unspecified atom stereocenters. The predicted molar refractivity (Wildman–Crippen MR) is 138 cm³/mol. The minimum Gasteiger partial charge on any atom is -0.444 e. The van der Waals surface area contributed by atoms with Gasteiger partial charge in [-0.1, -0.05) is 43.5 Å². The molecule has 1 atom stereocenters. The molecule has 0 saturated heterocycles. The van der Waals surface area contributed by atoms with Crippen molar-refractivity contribution in [2.45, 2.75) is 89.9 Å². The first-order chi connectivity index (χ1) is 17.0. The van der Waals surface area contributed by atoms with Crippen LogP contribution in [0.4, 0.5) is 4.79 Å². The van der Waals surface area contributed by atoms with Crippen molar-refractivity contribution in [3.63, 3.8) is 0 Å². The molecule has 192 valence electrons. The van der Waals surface area contributed by atoms with Crippen molar-refractivity contribution in [2.75, 3.05) is 0 Å². The second-order valence-electron chi connectivity index (χ2n) is 10.4. The third-order valence-corrected chi connectivity index (χ3v) is 6.39. The Labute approximate surface area is 212 Å². The summed E-state index contributed by atoms with van der Waals surface area (Å²) in [5, 5.41) is 15.4. The summed E-state index contributed by atoms with van der Waals surface area (Å²) in [5.41, 5.74) is 0.990. The molecule has 1 aromatic heterocycles. The summed E-state index contributed by atoms with van der Waals surface area (Å²) in [4.78, 5) is 37.7. The summed E-state index contributed by atoms with van der Waals surface area (Å²) in [6, 6.07) is 12.5. The van der Waals surface area contributed by atoms with E-state index in [0.717, 1.165) is 36.0 Å². The maximum atomic E-state index is 13.3. The molecule has 0 radical (unpaired) electrons. The van der Waals surface area contributed by atoms with Crippen molar-refractivity contribution < 1.29 is 14.3 Å². The van der Waals surface area contributed by atoms with Crippen molar-refractivity contribution in [1.82, 2.24) is 15.2 Å². The number of ether oxygens (including phenoxy) is 1. The van der Waals surface area contributed by atoms with Crippen LogP contribution in [0.3, 0.4) is 0 Å². The molecule has 36 heavy (non-hydrogen) atoms. The van der Waals surface area contributed by atoms with E-state index in [2.05, 4.69) is 16.7 Å². The topological polar surface area (TPSA) is 113 Å². The average molecular weight is 493 g/mol. The monoisotopic (exact) mass is 492 g/mol. The SMILES string of the molecule is CCn1cc(-c2ccc(C[C@@H](C#N)NC(=O)C3(NC(=O)OC(C)(C)C)CCCCC3)cc2)ccc1=O. The van der Waals surface area contributed by atoms with Crippen molar-refractivity contribution in [3.05, 3.63) is 58.5 Å². The molecule has 2 amide bonds. The van der Waals surface area contributed by atoms with E-state index in [-0.39, 0.29) is 11.5 Å². The highest BCUT2D eigenvalue weighted by Crippen LogP contribution is 2.29. The van der Waals surface area contributed by atoms with E-state index >= 15 is 0 Å². The Balaban J connectivity index is 1.70. The van der Waals surface area contributed by atoms with Gasteiger partial charge in [0.05, 0.1) is 6.07 Å². The number of rotatable bonds is 7. The molecule has 1 aliphatic rings. The summed E-state index contributed by atoms with van der Waals surface area (Å²) in [5.74, 6) is -0.349. The second-order valence-corrected chi connectivity index (χ2v) is 10.4. The highest BCUT2D eigenvalue weighted by molar-refractivity contribution is 5.90. The van der Waals surface area contributed by atoms with Crippen molar-refractivity contribution in [3.8, 4) is 17.2 Å². The van der Waals surface area contributed by atoms with E-state index in [1.165, 1.54) is 0 Å². The van der Waals surface area contributed by atoms with Crippen LogP contribution < -0.4 is 16.2 Å². The van der Waals surface area contributed by atoms with Crippen LogP contribution in [0.1, 0.15) is 65.4 Å². The lowest BCUT2D eigenvalue weighted by Gasteiger charge is -2.37. The van der Waals surface area contributed by atoms with Gasteiger partial charge in [0.2, 0.25) is 5.91 Å². The number of benzene rings is 1. The molecule has 8 heteroatoms. The van der Waals surface area contributed by atoms with Gasteiger partial charge in [0.1, 0.15) is 17.2 Å². The van der Waals surface area contributed by atoms with Crippen molar-refractivity contribution in [1.29, 1.82) is 5.26 Å². The van der Waals surface area contributed by atoms with Crippen LogP contribution in [-0.2, 0) is 22.5 Å². The standard InChI is InChI=1S/C28H36N4O4/c1-5-32-19-22(13-14-24(32)33)21-11-9-20(10-12-21)17-23(18-29)30-25(34)28(15-7-6-8-16-28)31-26(35)36-27(2,3)4/h9-14,19,23H,5-8,15-17H2,1-4H3,(H,30,34)(H,31,35)/t23-/m0/s1. The second kappa shape index (κ2) is 11.4. The lowest BCUT2D eigenvalue weighted by atomic mass is 9.80. The van der Waals surface area contributed by atoms with Crippen LogP contribution in [0.2, 0.25) is 0 Å². The van der Waals surface area contributed by atoms with Gasteiger partial charge in [-0.15, -0.1) is 0 Å². The fourth-order valence-electron chi connectivity index (χ4n) is 4.51. The molecule has 1 aliphatic carbocycles. The zero-order valence-electron chi connectivity index (χ0n) is 21.6. The van der Waals surface area contributed by atoms with Crippen LogP contribution >= 0.6 is 0 Å². The van der Waals surface area contributed by atoms with Gasteiger partial charge in [0.25, 0.3) is 5.56 Å². The molecule has 1 aromatic carbocycles. The minimum absolute atomic E-state index is 0.0395. The predicted octanol–water partition coefficient (Wildman–Crippen LogP) is 4.31. The van der Waals surface area contributed by atoms with Gasteiger partial charge in [-0.3, -0.25) is 9.59 Å². The number of amides is 2. The molecule has 3 rings (SSSR count). The molecule has 1 fully saturated rings. The summed E-state index contributed by atoms with van der Waals surface area (Å²) >= 11 is 0. The van der Waals surface area contributed by atoms with Gasteiger partial charge < -0.3 is 19.9 Å². The normalized spacial score (nSPS) is 15.9. The quantitative estimate of drug-likeness (QED) is 0.598. The molecule has 2 N–H and O–H groups in total. The van der Waals surface area contributed by atoms with E-state index in [9.17, 15) is 19.6 Å². The van der Waals surface area contributed by atoms with E-state index in [0.29, 0.717) is 25.8 Å². The molecule has 1 saturated carbocycles. The zero-order valence-corrected chi connectivity index (χ0v) is 21.6. The Bertz CT molecular complexity index is 1170. The molecule has 0 aliphatic heterocycles. The first-order valence-corrected chi connectivity index (χ1v) is 12.6. The Hall–Kier alpha value is -3.60. The lowest BCUT2D eigenvalue weighted by Crippen LogP contribution is -2.61. The third-order valence-electron chi connectivity index (χ3n) is 6.39. The van der Waals surface area contributed by atoms with E-state index in [4.69, 9.17) is 4.74 Å². The summed E-state index contributed by atoms with van der Waals surface area (Å²) in [6.45, 7) is 7.84. The number of aryl methyl sites for hydroxylation is 1. The number of nitriles is 1. The van der Waals surface area contributed by atoms with E-state index < -0.39 is 23.3 Å². The first-order valence-electron chi connectivity index (χ1n) is 12.6. The molecule has 8 nitrogen and oxygen atoms in total. The van der Waals surface area contributed by atoms with E-state index in [1.54, 1.807) is 37.5 Å². The summed E-state index contributed by atoms with van der Waals surface area (Å²) in [6.07, 6.45) is 5.17. The van der Waals surface area contributed by atoms with Crippen molar-refractivity contribution in [2.24, 2.45) is 0 Å². The van der Waals surface area contributed by atoms with E-state index in [1.807, 2.05) is 37.4 Å². The molecular formula is C28H36N4O4. The van der Waals surface area contributed by atoms with Gasteiger partial charge in [-0.2, -0.15) is 5.26 Å². The maximum absolute atomic E-state index is 13.3. The summed E-state index contributed by atoms with van der Waals surface area (Å²) < 4.78 is 7.05. The smallest absolute Gasteiger partial charge is 0.408 e. The molecule has 0 spiro atoms. The van der Waals surface area contributed by atoms with Crippen LogP contribution in [0.25, 0.3) is 11.1 Å². The van der Waals surface area contributed by atoms with Gasteiger partial charge >= 0.3 is 6.09 Å². The number of carbonyl (C=O) groups excluding carboxylic acids is 2. The molecule has 1 heterocycles. The number of carbonyl (C=O) groups is 2. The highest BCUT2D eigenvalue weighted by Gasteiger charge is 2.42. The number of pyridine rings is 1. The van der Waals surface area contributed by atoms with Gasteiger partial charge in [0, 0.05) is 25.2 Å². The molecular weight excluding hydrogens is 456 g/mol. The largest absolute Gasteiger partial charge is 0.444 e. The van der Waals surface area contributed by atoms with Gasteiger partial charge in [0.15, 0.2) is 0 Å². The summed E-state index contributed by atoms with van der Waals surface area (Å²) in [7, 11) is 0. The lowest BCUT2D eigenvalue weighted by molar-refractivity contribution is -0.129. The zero-order chi connectivity index (χ0) is 26.3. The number of alkyl carbamates (subject to hydrolysis) is 1. The first kappa shape index (κ1) is 27.0. The number of nitrogens with one attached hydrogen (secondary N) is 2. The van der Waals surface area contributed by atoms with Crippen LogP contribution in [0.5, 0.6) is 0 Å². The van der Waals surface area contributed by atoms with Crippen molar-refractivity contribution >= 4 is 12.0 Å². The average Bonchev–Trinajstić information content (AvgIpc) is 2.83. The maximum Gasteiger partial charge on any atom is 0.408 e. The van der Waals surface area contributed by atoms with Gasteiger partial charge in [-0.25, -0.2) is 4.79 Å². The molecule has 0 bridgehead atoms. The fourth-order valence-corrected chi connectivity index (χ4v) is 4.51. The number of nitrogens with zero attached hydrogens (tertiary/aromatic N) is 2. The number of hydrogen-bond donors (Lipinski definition) is 2. The minimum atomic E-state index is -1.08. The number of hydrogen-bond acceptors (Lipinski definition) is 5. The van der Waals surface area contributed by atoms with Crippen LogP contribution in [0.15, 0.2) is 47.4 Å². The number of aromatic nitrogens is 1. The van der Waals surface area contributed by atoms with Crippen LogP contribution in [0, 0.1) is 11.3 Å². The third kappa shape index (κ3) is 6.97. The highest BCUT2D eigenvalue weighted by atomic mass is 16.6. The molecule has 2 aromatic rings. The fraction of sp³-hybridized carbons (Fsp3) is 0.500. The van der Waals surface area contributed by atoms with Gasteiger partial charge in [-0.05, 0) is 63.3 Å². The Morgan fingerprint density at radius 2 is 1.72 bits per heavy atom. The Morgan fingerprint density at radius 1 is 1.08 bits per heavy atom. The Morgan fingerprint density at radius 3 is 2.31 bits per heavy atom. The van der Waals surface area contributed by atoms with Crippen LogP contribution in [-0.4, -0.2) is 33.7 Å².